The highest BCUT2D eigenvalue weighted by Crippen LogP contribution is 2.19. The molecule has 2 heterocycles. The Labute approximate surface area is 128 Å². The molecule has 2 N–H and O–H groups in total. The summed E-state index contributed by atoms with van der Waals surface area (Å²) < 4.78 is 46.7. The number of benzene rings is 1. The Balaban J connectivity index is 1.63. The monoisotopic (exact) mass is 327 g/mol. The molecule has 1 aromatic carbocycles. The van der Waals surface area contributed by atoms with Gasteiger partial charge in [0.1, 0.15) is 5.82 Å². The van der Waals surface area contributed by atoms with Gasteiger partial charge in [-0.1, -0.05) is 0 Å². The van der Waals surface area contributed by atoms with E-state index in [0.29, 0.717) is 32.7 Å². The number of hydrogen-bond donors (Lipinski definition) is 2. The van der Waals surface area contributed by atoms with E-state index in [1.807, 2.05) is 0 Å². The maximum Gasteiger partial charge on any atom is 0.279 e. The van der Waals surface area contributed by atoms with Crippen molar-refractivity contribution in [1.29, 1.82) is 0 Å². The van der Waals surface area contributed by atoms with E-state index in [1.54, 1.807) is 12.3 Å². The van der Waals surface area contributed by atoms with E-state index < -0.39 is 10.2 Å². The molecule has 8 heteroatoms. The van der Waals surface area contributed by atoms with Gasteiger partial charge in [0.05, 0.1) is 13.2 Å². The summed E-state index contributed by atoms with van der Waals surface area (Å²) in [6.07, 6.45) is 2.28. The van der Waals surface area contributed by atoms with E-state index >= 15 is 0 Å². The normalized spacial score (nSPS) is 17.1. The van der Waals surface area contributed by atoms with Crippen molar-refractivity contribution in [3.05, 3.63) is 35.8 Å². The number of nitrogens with one attached hydrogen (secondary N) is 2. The van der Waals surface area contributed by atoms with Gasteiger partial charge in [0.2, 0.25) is 0 Å². The Morgan fingerprint density at radius 1 is 1.32 bits per heavy atom. The molecule has 0 bridgehead atoms. The van der Waals surface area contributed by atoms with Crippen molar-refractivity contribution in [2.24, 2.45) is 0 Å². The molecule has 22 heavy (non-hydrogen) atoms. The van der Waals surface area contributed by atoms with Gasteiger partial charge in [0.25, 0.3) is 10.2 Å². The first kappa shape index (κ1) is 15.4. The van der Waals surface area contributed by atoms with Gasteiger partial charge in [-0.2, -0.15) is 12.7 Å². The molecule has 0 amide bonds. The summed E-state index contributed by atoms with van der Waals surface area (Å²) >= 11 is 0. The number of nitrogens with zero attached hydrogens (tertiary/aromatic N) is 1. The smallest absolute Gasteiger partial charge is 0.279 e. The third-order valence-electron chi connectivity index (χ3n) is 3.72. The van der Waals surface area contributed by atoms with Crippen molar-refractivity contribution in [2.45, 2.75) is 6.42 Å². The van der Waals surface area contributed by atoms with Gasteiger partial charge in [-0.3, -0.25) is 0 Å². The molecular formula is C14H18FN3O3S. The van der Waals surface area contributed by atoms with Crippen molar-refractivity contribution in [3.8, 4) is 0 Å². The maximum atomic E-state index is 13.3. The fourth-order valence-electron chi connectivity index (χ4n) is 2.55. The first-order valence-corrected chi connectivity index (χ1v) is 8.58. The highest BCUT2D eigenvalue weighted by atomic mass is 32.2. The SMILES string of the molecule is O=S(=O)(NCCc1c[nH]c2ccc(F)cc12)N1CCOCC1. The number of hydrogen-bond acceptors (Lipinski definition) is 3. The molecule has 6 nitrogen and oxygen atoms in total. The molecule has 1 aliphatic rings. The van der Waals surface area contributed by atoms with Crippen molar-refractivity contribution in [1.82, 2.24) is 14.0 Å². The second-order valence-corrected chi connectivity index (χ2v) is 6.92. The van der Waals surface area contributed by atoms with Crippen molar-refractivity contribution in [2.75, 3.05) is 32.8 Å². The zero-order valence-corrected chi connectivity index (χ0v) is 12.8. The molecule has 2 aromatic rings. The minimum atomic E-state index is -3.48. The van der Waals surface area contributed by atoms with Crippen LogP contribution in [0.3, 0.4) is 0 Å². The van der Waals surface area contributed by atoms with Crippen LogP contribution in [0.1, 0.15) is 5.56 Å². The molecule has 0 unspecified atom stereocenters. The van der Waals surface area contributed by atoms with Crippen LogP contribution in [0.15, 0.2) is 24.4 Å². The lowest BCUT2D eigenvalue weighted by molar-refractivity contribution is 0.0725. The lowest BCUT2D eigenvalue weighted by Crippen LogP contribution is -2.47. The molecule has 0 spiro atoms. The topological polar surface area (TPSA) is 74.4 Å². The van der Waals surface area contributed by atoms with Crippen LogP contribution in [0, 0.1) is 5.82 Å². The summed E-state index contributed by atoms with van der Waals surface area (Å²) in [5.74, 6) is -0.303. The number of ether oxygens (including phenoxy) is 1. The summed E-state index contributed by atoms with van der Waals surface area (Å²) in [4.78, 5) is 3.06. The molecule has 1 aromatic heterocycles. The zero-order valence-electron chi connectivity index (χ0n) is 12.0. The van der Waals surface area contributed by atoms with E-state index in [0.717, 1.165) is 16.5 Å². The Hall–Kier alpha value is -1.48. The van der Waals surface area contributed by atoms with Crippen molar-refractivity contribution >= 4 is 21.1 Å². The molecule has 0 radical (unpaired) electrons. The zero-order chi connectivity index (χ0) is 15.6. The molecule has 0 saturated carbocycles. The fraction of sp³-hybridized carbons (Fsp3) is 0.429. The molecule has 1 saturated heterocycles. The Morgan fingerprint density at radius 3 is 2.86 bits per heavy atom. The third-order valence-corrected chi connectivity index (χ3v) is 5.33. The van der Waals surface area contributed by atoms with Gasteiger partial charge in [-0.15, -0.1) is 0 Å². The van der Waals surface area contributed by atoms with Crippen LogP contribution in [0.4, 0.5) is 4.39 Å². The minimum Gasteiger partial charge on any atom is -0.379 e. The molecule has 1 aliphatic heterocycles. The molecular weight excluding hydrogens is 309 g/mol. The quantitative estimate of drug-likeness (QED) is 0.861. The van der Waals surface area contributed by atoms with Crippen molar-refractivity contribution < 1.29 is 17.5 Å². The molecule has 3 rings (SSSR count). The van der Waals surface area contributed by atoms with E-state index in [-0.39, 0.29) is 12.4 Å². The summed E-state index contributed by atoms with van der Waals surface area (Å²) in [5, 5.41) is 0.783. The van der Waals surface area contributed by atoms with Crippen LogP contribution in [-0.2, 0) is 21.4 Å². The Bertz CT molecular complexity index is 754. The number of aromatic nitrogens is 1. The Morgan fingerprint density at radius 2 is 2.09 bits per heavy atom. The number of fused-ring (bicyclic) bond motifs is 1. The second-order valence-electron chi connectivity index (χ2n) is 5.16. The summed E-state index contributed by atoms with van der Waals surface area (Å²) in [7, 11) is -3.48. The second kappa shape index (κ2) is 6.33. The molecule has 120 valence electrons. The summed E-state index contributed by atoms with van der Waals surface area (Å²) in [5.41, 5.74) is 1.73. The van der Waals surface area contributed by atoms with Gasteiger partial charge in [0.15, 0.2) is 0 Å². The van der Waals surface area contributed by atoms with E-state index in [4.69, 9.17) is 4.74 Å². The van der Waals surface area contributed by atoms with Crippen LogP contribution in [-0.4, -0.2) is 50.6 Å². The number of H-pyrrole nitrogens is 1. The standard InChI is InChI=1S/C14H18FN3O3S/c15-12-1-2-14-13(9-12)11(10-16-14)3-4-17-22(19,20)18-5-7-21-8-6-18/h1-2,9-10,16-17H,3-8H2. The maximum absolute atomic E-state index is 13.3. The van der Waals surface area contributed by atoms with Gasteiger partial charge in [-0.25, -0.2) is 9.11 Å². The molecule has 0 atom stereocenters. The first-order chi connectivity index (χ1) is 10.6. The summed E-state index contributed by atoms with van der Waals surface area (Å²) in [6.45, 7) is 1.84. The molecule has 0 aliphatic carbocycles. The van der Waals surface area contributed by atoms with E-state index in [2.05, 4.69) is 9.71 Å². The van der Waals surface area contributed by atoms with Crippen LogP contribution < -0.4 is 4.72 Å². The van der Waals surface area contributed by atoms with Crippen LogP contribution in [0.25, 0.3) is 10.9 Å². The van der Waals surface area contributed by atoms with Crippen LogP contribution in [0.5, 0.6) is 0 Å². The first-order valence-electron chi connectivity index (χ1n) is 7.14. The fourth-order valence-corrected chi connectivity index (χ4v) is 3.72. The predicted octanol–water partition coefficient (Wildman–Crippen LogP) is 1.02. The third kappa shape index (κ3) is 3.30. The average molecular weight is 327 g/mol. The van der Waals surface area contributed by atoms with Gasteiger partial charge in [-0.05, 0) is 30.2 Å². The number of halogens is 1. The number of morpholine rings is 1. The van der Waals surface area contributed by atoms with E-state index in [1.165, 1.54) is 16.4 Å². The Kier molecular flexibility index (Phi) is 4.44. The predicted molar refractivity (Wildman–Crippen MR) is 81.3 cm³/mol. The average Bonchev–Trinajstić information content (AvgIpc) is 2.90. The molecule has 1 fully saturated rings. The lowest BCUT2D eigenvalue weighted by Gasteiger charge is -2.26. The number of aromatic amines is 1. The largest absolute Gasteiger partial charge is 0.379 e. The van der Waals surface area contributed by atoms with Crippen molar-refractivity contribution in [3.63, 3.8) is 0 Å². The highest BCUT2D eigenvalue weighted by molar-refractivity contribution is 7.87. The van der Waals surface area contributed by atoms with Crippen LogP contribution >= 0.6 is 0 Å². The lowest BCUT2D eigenvalue weighted by atomic mass is 10.1. The number of rotatable bonds is 5. The highest BCUT2D eigenvalue weighted by Gasteiger charge is 2.23. The van der Waals surface area contributed by atoms with Crippen LogP contribution in [0.2, 0.25) is 0 Å². The van der Waals surface area contributed by atoms with Gasteiger partial charge >= 0.3 is 0 Å². The van der Waals surface area contributed by atoms with Gasteiger partial charge < -0.3 is 9.72 Å². The van der Waals surface area contributed by atoms with Gasteiger partial charge in [0, 0.05) is 36.7 Å². The summed E-state index contributed by atoms with van der Waals surface area (Å²) in [6, 6.07) is 4.52. The van der Waals surface area contributed by atoms with E-state index in [9.17, 15) is 12.8 Å². The minimum absolute atomic E-state index is 0.267.